The highest BCUT2D eigenvalue weighted by atomic mass is 79.9. The summed E-state index contributed by atoms with van der Waals surface area (Å²) in [5, 5.41) is 0. The Hall–Kier alpha value is -0.600. The van der Waals surface area contributed by atoms with Crippen molar-refractivity contribution < 1.29 is 0 Å². The van der Waals surface area contributed by atoms with Crippen molar-refractivity contribution in [3.8, 4) is 11.1 Å². The quantitative estimate of drug-likeness (QED) is 0.570. The van der Waals surface area contributed by atoms with Crippen LogP contribution in [0.3, 0.4) is 0 Å². The second-order valence-corrected chi connectivity index (χ2v) is 6.41. The highest BCUT2D eigenvalue weighted by Crippen LogP contribution is 2.37. The lowest BCUT2D eigenvalue weighted by Gasteiger charge is -2.18. The first-order valence-electron chi connectivity index (χ1n) is 5.95. The highest BCUT2D eigenvalue weighted by molar-refractivity contribution is 9.10. The Morgan fingerprint density at radius 1 is 0.778 bits per heavy atom. The van der Waals surface area contributed by atoms with Crippen LogP contribution in [0.2, 0.25) is 0 Å². The molecule has 0 aromatic heterocycles. The molecule has 0 N–H and O–H groups in total. The summed E-state index contributed by atoms with van der Waals surface area (Å²) in [6.45, 7) is 8.75. The zero-order valence-electron chi connectivity index (χ0n) is 11.1. The third-order valence-electron chi connectivity index (χ3n) is 3.65. The molecule has 0 radical (unpaired) electrons. The van der Waals surface area contributed by atoms with E-state index in [0.29, 0.717) is 0 Å². The number of halogens is 2. The lowest BCUT2D eigenvalue weighted by atomic mass is 9.90. The van der Waals surface area contributed by atoms with Crippen LogP contribution in [0, 0.1) is 27.7 Å². The zero-order chi connectivity index (χ0) is 13.4. The highest BCUT2D eigenvalue weighted by Gasteiger charge is 2.14. The molecular weight excluding hydrogens is 352 g/mol. The van der Waals surface area contributed by atoms with Gasteiger partial charge >= 0.3 is 0 Å². The van der Waals surface area contributed by atoms with Crippen molar-refractivity contribution in [1.29, 1.82) is 0 Å². The molecular formula is C16H16Br2. The minimum absolute atomic E-state index is 1.12. The number of rotatable bonds is 1. The predicted octanol–water partition coefficient (Wildman–Crippen LogP) is 6.11. The van der Waals surface area contributed by atoms with Gasteiger partial charge in [-0.15, -0.1) is 0 Å². The molecule has 2 aromatic rings. The van der Waals surface area contributed by atoms with Gasteiger partial charge in [-0.05, 0) is 73.2 Å². The molecule has 0 saturated carbocycles. The maximum atomic E-state index is 3.72. The van der Waals surface area contributed by atoms with Gasteiger partial charge < -0.3 is 0 Å². The molecule has 0 unspecified atom stereocenters. The van der Waals surface area contributed by atoms with E-state index in [0.717, 1.165) is 4.47 Å². The average molecular weight is 368 g/mol. The first kappa shape index (κ1) is 13.8. The SMILES string of the molecule is Cc1c(C)c(Br)c(C)c(-c2cccc(Br)c2)c1C. The summed E-state index contributed by atoms with van der Waals surface area (Å²) in [5.41, 5.74) is 7.99. The van der Waals surface area contributed by atoms with Crippen LogP contribution in [0.25, 0.3) is 11.1 Å². The molecule has 18 heavy (non-hydrogen) atoms. The zero-order valence-corrected chi connectivity index (χ0v) is 14.2. The summed E-state index contributed by atoms with van der Waals surface area (Å²) in [6, 6.07) is 8.49. The summed E-state index contributed by atoms with van der Waals surface area (Å²) in [4.78, 5) is 0. The van der Waals surface area contributed by atoms with E-state index in [1.165, 1.54) is 37.9 Å². The van der Waals surface area contributed by atoms with E-state index in [4.69, 9.17) is 0 Å². The van der Waals surface area contributed by atoms with Gasteiger partial charge in [0, 0.05) is 8.95 Å². The number of hydrogen-bond acceptors (Lipinski definition) is 0. The largest absolute Gasteiger partial charge is 0.0605 e. The maximum Gasteiger partial charge on any atom is 0.0242 e. The van der Waals surface area contributed by atoms with Gasteiger partial charge in [0.2, 0.25) is 0 Å². The molecule has 0 aliphatic carbocycles. The fourth-order valence-electron chi connectivity index (χ4n) is 2.38. The van der Waals surface area contributed by atoms with Gasteiger partial charge in [0.1, 0.15) is 0 Å². The molecule has 2 aromatic carbocycles. The van der Waals surface area contributed by atoms with Gasteiger partial charge in [0.25, 0.3) is 0 Å². The minimum atomic E-state index is 1.12. The van der Waals surface area contributed by atoms with Crippen LogP contribution in [0.15, 0.2) is 33.2 Å². The van der Waals surface area contributed by atoms with Crippen LogP contribution in [0.5, 0.6) is 0 Å². The Kier molecular flexibility index (Phi) is 3.98. The molecule has 0 heterocycles. The third kappa shape index (κ3) is 2.28. The molecule has 0 aliphatic rings. The second-order valence-electron chi connectivity index (χ2n) is 4.70. The predicted molar refractivity (Wildman–Crippen MR) is 86.2 cm³/mol. The van der Waals surface area contributed by atoms with Gasteiger partial charge in [-0.25, -0.2) is 0 Å². The summed E-state index contributed by atoms with van der Waals surface area (Å²) in [6.07, 6.45) is 0. The van der Waals surface area contributed by atoms with E-state index in [1.807, 2.05) is 0 Å². The van der Waals surface area contributed by atoms with Crippen LogP contribution in [-0.2, 0) is 0 Å². The van der Waals surface area contributed by atoms with Crippen LogP contribution >= 0.6 is 31.9 Å². The Balaban J connectivity index is 2.80. The van der Waals surface area contributed by atoms with Crippen LogP contribution in [0.1, 0.15) is 22.3 Å². The van der Waals surface area contributed by atoms with Crippen molar-refractivity contribution >= 4 is 31.9 Å². The van der Waals surface area contributed by atoms with Gasteiger partial charge in [0.05, 0.1) is 0 Å². The molecule has 0 aliphatic heterocycles. The summed E-state index contributed by atoms with van der Waals surface area (Å²) >= 11 is 7.27. The van der Waals surface area contributed by atoms with E-state index >= 15 is 0 Å². The van der Waals surface area contributed by atoms with Gasteiger partial charge in [-0.3, -0.25) is 0 Å². The van der Waals surface area contributed by atoms with Crippen LogP contribution in [0.4, 0.5) is 0 Å². The lowest BCUT2D eigenvalue weighted by molar-refractivity contribution is 1.21. The van der Waals surface area contributed by atoms with Crippen molar-refractivity contribution in [1.82, 2.24) is 0 Å². The Morgan fingerprint density at radius 3 is 2.06 bits per heavy atom. The normalized spacial score (nSPS) is 10.8. The summed E-state index contributed by atoms with van der Waals surface area (Å²) in [7, 11) is 0. The van der Waals surface area contributed by atoms with E-state index in [1.54, 1.807) is 0 Å². The molecule has 2 rings (SSSR count). The van der Waals surface area contributed by atoms with Gasteiger partial charge in [-0.2, -0.15) is 0 Å². The van der Waals surface area contributed by atoms with Crippen molar-refractivity contribution in [3.63, 3.8) is 0 Å². The molecule has 0 atom stereocenters. The number of hydrogen-bond donors (Lipinski definition) is 0. The maximum absolute atomic E-state index is 3.72. The van der Waals surface area contributed by atoms with Crippen molar-refractivity contribution in [2.24, 2.45) is 0 Å². The lowest BCUT2D eigenvalue weighted by Crippen LogP contribution is -1.97. The van der Waals surface area contributed by atoms with Gasteiger partial charge in [-0.1, -0.05) is 44.0 Å². The summed E-state index contributed by atoms with van der Waals surface area (Å²) in [5.74, 6) is 0. The minimum Gasteiger partial charge on any atom is -0.0605 e. The van der Waals surface area contributed by atoms with Crippen LogP contribution < -0.4 is 0 Å². The smallest absolute Gasteiger partial charge is 0.0242 e. The van der Waals surface area contributed by atoms with Crippen molar-refractivity contribution in [3.05, 3.63) is 55.5 Å². The molecule has 0 bridgehead atoms. The monoisotopic (exact) mass is 366 g/mol. The van der Waals surface area contributed by atoms with Crippen molar-refractivity contribution in [2.45, 2.75) is 27.7 Å². The molecule has 0 saturated heterocycles. The van der Waals surface area contributed by atoms with Crippen LogP contribution in [-0.4, -0.2) is 0 Å². The van der Waals surface area contributed by atoms with E-state index in [-0.39, 0.29) is 0 Å². The average Bonchev–Trinajstić information content (AvgIpc) is 2.34. The first-order valence-corrected chi connectivity index (χ1v) is 7.54. The van der Waals surface area contributed by atoms with Gasteiger partial charge in [0.15, 0.2) is 0 Å². The molecule has 0 fully saturated rings. The Morgan fingerprint density at radius 2 is 1.44 bits per heavy atom. The Labute approximate surface area is 126 Å². The molecule has 0 spiro atoms. The van der Waals surface area contributed by atoms with E-state index in [2.05, 4.69) is 83.8 Å². The molecule has 2 heteroatoms. The fraction of sp³-hybridized carbons (Fsp3) is 0.250. The molecule has 0 amide bonds. The first-order chi connectivity index (χ1) is 8.43. The number of benzene rings is 2. The molecule has 0 nitrogen and oxygen atoms in total. The van der Waals surface area contributed by atoms with E-state index < -0.39 is 0 Å². The molecule has 94 valence electrons. The van der Waals surface area contributed by atoms with Crippen molar-refractivity contribution in [2.75, 3.05) is 0 Å². The van der Waals surface area contributed by atoms with E-state index in [9.17, 15) is 0 Å². The fourth-order valence-corrected chi connectivity index (χ4v) is 3.28. The summed E-state index contributed by atoms with van der Waals surface area (Å²) < 4.78 is 2.34. The standard InChI is InChI=1S/C16H16Br2/c1-9-10(2)15(12(4)16(18)11(9)3)13-6-5-7-14(17)8-13/h5-8H,1-4H3. The Bertz CT molecular complexity index is 584. The second kappa shape index (κ2) is 5.18. The topological polar surface area (TPSA) is 0 Å². The third-order valence-corrected chi connectivity index (χ3v) is 5.33.